The monoisotopic (exact) mass is 458 g/mol. The highest BCUT2D eigenvalue weighted by molar-refractivity contribution is 7.09. The number of piperidine rings is 1. The summed E-state index contributed by atoms with van der Waals surface area (Å²) in [4.78, 5) is 38.3. The summed E-state index contributed by atoms with van der Waals surface area (Å²) in [6.07, 6.45) is 2.08. The van der Waals surface area contributed by atoms with E-state index in [9.17, 15) is 4.79 Å². The zero-order valence-corrected chi connectivity index (χ0v) is 18.5. The van der Waals surface area contributed by atoms with Crippen molar-refractivity contribution in [2.24, 2.45) is 5.92 Å². The number of benzene rings is 1. The lowest BCUT2D eigenvalue weighted by molar-refractivity contribution is -0.159. The molecule has 0 atom stereocenters. The Balaban J connectivity index is 0.000000427. The van der Waals surface area contributed by atoms with Crippen LogP contribution in [0.25, 0.3) is 11.0 Å². The number of hydrogen-bond acceptors (Lipinski definition) is 5. The molecule has 32 heavy (non-hydrogen) atoms. The Morgan fingerprint density at radius 1 is 1.09 bits per heavy atom. The first kappa shape index (κ1) is 23.3. The molecular formula is C22H26N4O5S. The number of thiophene rings is 1. The fourth-order valence-corrected chi connectivity index (χ4v) is 4.34. The Morgan fingerprint density at radius 2 is 1.78 bits per heavy atom. The highest BCUT2D eigenvalue weighted by Crippen LogP contribution is 2.23. The van der Waals surface area contributed by atoms with E-state index < -0.39 is 11.9 Å². The van der Waals surface area contributed by atoms with Crippen LogP contribution in [0.15, 0.2) is 41.8 Å². The number of para-hydroxylation sites is 2. The van der Waals surface area contributed by atoms with Crippen molar-refractivity contribution in [1.29, 1.82) is 0 Å². The van der Waals surface area contributed by atoms with Crippen LogP contribution in [0.5, 0.6) is 0 Å². The number of carbonyl (C=O) groups excluding carboxylic acids is 1. The second-order valence-electron chi connectivity index (χ2n) is 7.54. The van der Waals surface area contributed by atoms with Crippen molar-refractivity contribution in [2.45, 2.75) is 32.9 Å². The predicted molar refractivity (Wildman–Crippen MR) is 121 cm³/mol. The molecule has 1 fully saturated rings. The molecule has 3 heterocycles. The lowest BCUT2D eigenvalue weighted by Crippen LogP contribution is -2.44. The molecule has 2 amide bonds. The van der Waals surface area contributed by atoms with Gasteiger partial charge < -0.3 is 25.0 Å². The molecule has 0 unspecified atom stereocenters. The molecule has 10 heteroatoms. The van der Waals surface area contributed by atoms with Crippen LogP contribution in [0.4, 0.5) is 4.79 Å². The molecule has 1 aliphatic heterocycles. The number of imidazole rings is 1. The number of nitrogens with zero attached hydrogens (tertiary/aromatic N) is 3. The van der Waals surface area contributed by atoms with Gasteiger partial charge in [0.05, 0.1) is 17.6 Å². The number of carboxylic acids is 2. The average Bonchev–Trinajstić information content (AvgIpc) is 3.41. The van der Waals surface area contributed by atoms with E-state index >= 15 is 0 Å². The van der Waals surface area contributed by atoms with Gasteiger partial charge in [-0.2, -0.15) is 0 Å². The number of carboxylic acid groups (broad SMARTS) is 2. The summed E-state index contributed by atoms with van der Waals surface area (Å²) in [5.41, 5.74) is 2.27. The predicted octanol–water partition coefficient (Wildman–Crippen LogP) is 3.18. The number of aromatic nitrogens is 2. The van der Waals surface area contributed by atoms with Crippen molar-refractivity contribution in [1.82, 2.24) is 19.8 Å². The number of urea groups is 1. The minimum atomic E-state index is -1.82. The number of hydrogen-bond donors (Lipinski definition) is 3. The minimum Gasteiger partial charge on any atom is -0.473 e. The number of likely N-dealkylation sites (tertiary alicyclic amines) is 1. The normalized spacial score (nSPS) is 14.0. The lowest BCUT2D eigenvalue weighted by Gasteiger charge is -2.32. The van der Waals surface area contributed by atoms with E-state index in [0.29, 0.717) is 12.5 Å². The largest absolute Gasteiger partial charge is 0.473 e. The van der Waals surface area contributed by atoms with Crippen LogP contribution in [-0.2, 0) is 22.7 Å². The zero-order chi connectivity index (χ0) is 23.1. The number of fused-ring (bicyclic) bond motifs is 1. The van der Waals surface area contributed by atoms with Crippen LogP contribution < -0.4 is 5.32 Å². The van der Waals surface area contributed by atoms with E-state index in [4.69, 9.17) is 19.8 Å². The molecule has 0 aliphatic carbocycles. The Bertz CT molecular complexity index is 1060. The number of nitrogens with one attached hydrogen (secondary N) is 1. The lowest BCUT2D eigenvalue weighted by atomic mass is 9.97. The van der Waals surface area contributed by atoms with Gasteiger partial charge >= 0.3 is 18.0 Å². The molecule has 170 valence electrons. The summed E-state index contributed by atoms with van der Waals surface area (Å²) in [7, 11) is 0. The first-order valence-corrected chi connectivity index (χ1v) is 11.2. The van der Waals surface area contributed by atoms with Gasteiger partial charge in [0.2, 0.25) is 0 Å². The van der Waals surface area contributed by atoms with E-state index in [0.717, 1.165) is 43.8 Å². The molecular weight excluding hydrogens is 432 g/mol. The smallest absolute Gasteiger partial charge is 0.414 e. The van der Waals surface area contributed by atoms with Crippen LogP contribution in [0.2, 0.25) is 0 Å². The van der Waals surface area contributed by atoms with Gasteiger partial charge in [0.25, 0.3) is 0 Å². The highest BCUT2D eigenvalue weighted by atomic mass is 32.1. The van der Waals surface area contributed by atoms with Gasteiger partial charge in [0, 0.05) is 24.5 Å². The maximum Gasteiger partial charge on any atom is 0.414 e. The SMILES string of the molecule is Cc1nc2ccccc2n1CC1CCN(C(=O)NCc2cccs2)CC1.O=C(O)C(=O)O. The molecule has 3 N–H and O–H groups in total. The first-order valence-electron chi connectivity index (χ1n) is 10.3. The Morgan fingerprint density at radius 3 is 2.41 bits per heavy atom. The third-order valence-electron chi connectivity index (χ3n) is 5.36. The molecule has 0 radical (unpaired) electrons. The molecule has 1 aliphatic rings. The summed E-state index contributed by atoms with van der Waals surface area (Å²) in [5.74, 6) is -1.99. The van der Waals surface area contributed by atoms with Crippen LogP contribution in [0, 0.1) is 12.8 Å². The molecule has 2 aromatic heterocycles. The summed E-state index contributed by atoms with van der Waals surface area (Å²) in [6, 6.07) is 12.4. The fourth-order valence-electron chi connectivity index (χ4n) is 3.69. The molecule has 1 aromatic carbocycles. The fraction of sp³-hybridized carbons (Fsp3) is 0.364. The van der Waals surface area contributed by atoms with E-state index in [1.165, 1.54) is 10.4 Å². The van der Waals surface area contributed by atoms with Crippen molar-refractivity contribution in [3.63, 3.8) is 0 Å². The molecule has 0 saturated carbocycles. The van der Waals surface area contributed by atoms with Gasteiger partial charge in [-0.15, -0.1) is 11.3 Å². The second kappa shape index (κ2) is 10.8. The van der Waals surface area contributed by atoms with Crippen LogP contribution in [-0.4, -0.2) is 55.7 Å². The number of carbonyl (C=O) groups is 3. The summed E-state index contributed by atoms with van der Waals surface area (Å²) >= 11 is 1.67. The third-order valence-corrected chi connectivity index (χ3v) is 6.24. The van der Waals surface area contributed by atoms with Gasteiger partial charge in [-0.05, 0) is 49.3 Å². The standard InChI is InChI=1S/C20H24N4OS.C2H2O4/c1-15-22-18-6-2-3-7-19(18)24(15)14-16-8-10-23(11-9-16)20(25)21-13-17-5-4-12-26-17;3-1(4)2(5)6/h2-7,12,16H,8-11,13-14H2,1H3,(H,21,25);(H,3,4)(H,5,6). The van der Waals surface area contributed by atoms with Crippen molar-refractivity contribution in [3.05, 3.63) is 52.5 Å². The summed E-state index contributed by atoms with van der Waals surface area (Å²) in [5, 5.41) is 19.8. The first-order chi connectivity index (χ1) is 15.3. The Hall–Kier alpha value is -3.40. The van der Waals surface area contributed by atoms with Crippen LogP contribution in [0.3, 0.4) is 0 Å². The van der Waals surface area contributed by atoms with Crippen molar-refractivity contribution in [3.8, 4) is 0 Å². The van der Waals surface area contributed by atoms with E-state index in [1.807, 2.05) is 22.4 Å². The Kier molecular flexibility index (Phi) is 7.82. The molecule has 9 nitrogen and oxygen atoms in total. The molecule has 0 bridgehead atoms. The van der Waals surface area contributed by atoms with Gasteiger partial charge in [-0.3, -0.25) is 0 Å². The third kappa shape index (κ3) is 6.07. The van der Waals surface area contributed by atoms with E-state index in [-0.39, 0.29) is 6.03 Å². The minimum absolute atomic E-state index is 0.0566. The number of aryl methyl sites for hydroxylation is 1. The second-order valence-corrected chi connectivity index (χ2v) is 8.57. The number of amides is 2. The maximum atomic E-state index is 12.4. The van der Waals surface area contributed by atoms with Gasteiger partial charge in [-0.1, -0.05) is 18.2 Å². The van der Waals surface area contributed by atoms with Gasteiger partial charge in [0.15, 0.2) is 0 Å². The zero-order valence-electron chi connectivity index (χ0n) is 17.7. The maximum absolute atomic E-state index is 12.4. The van der Waals surface area contributed by atoms with E-state index in [2.05, 4.69) is 46.1 Å². The summed E-state index contributed by atoms with van der Waals surface area (Å²) < 4.78 is 2.33. The molecule has 1 saturated heterocycles. The topological polar surface area (TPSA) is 125 Å². The molecule has 3 aromatic rings. The van der Waals surface area contributed by atoms with Crippen molar-refractivity contribution in [2.75, 3.05) is 13.1 Å². The molecule has 4 rings (SSSR count). The van der Waals surface area contributed by atoms with Gasteiger partial charge in [0.1, 0.15) is 5.82 Å². The average molecular weight is 459 g/mol. The number of aliphatic carboxylic acids is 2. The highest BCUT2D eigenvalue weighted by Gasteiger charge is 2.24. The number of rotatable bonds is 4. The van der Waals surface area contributed by atoms with E-state index in [1.54, 1.807) is 11.3 Å². The van der Waals surface area contributed by atoms with Crippen molar-refractivity contribution >= 4 is 40.3 Å². The molecule has 0 spiro atoms. The van der Waals surface area contributed by atoms with Crippen LogP contribution >= 0.6 is 11.3 Å². The van der Waals surface area contributed by atoms with Crippen LogP contribution in [0.1, 0.15) is 23.5 Å². The van der Waals surface area contributed by atoms with Crippen molar-refractivity contribution < 1.29 is 24.6 Å². The van der Waals surface area contributed by atoms with Gasteiger partial charge in [-0.25, -0.2) is 19.4 Å². The summed E-state index contributed by atoms with van der Waals surface area (Å²) in [6.45, 7) is 5.33. The quantitative estimate of drug-likeness (QED) is 0.516. The Labute approximate surface area is 189 Å².